The van der Waals surface area contributed by atoms with Gasteiger partial charge in [0.25, 0.3) is 0 Å². The van der Waals surface area contributed by atoms with Gasteiger partial charge in [-0.1, -0.05) is 23.8 Å². The normalized spacial score (nSPS) is 37.5. The molecule has 2 heterocycles. The summed E-state index contributed by atoms with van der Waals surface area (Å²) < 4.78 is 16.3. The van der Waals surface area contributed by atoms with E-state index in [2.05, 4.69) is 6.58 Å². The van der Waals surface area contributed by atoms with Crippen LogP contribution in [-0.2, 0) is 23.8 Å². The van der Waals surface area contributed by atoms with Gasteiger partial charge in [-0.15, -0.1) is 0 Å². The van der Waals surface area contributed by atoms with E-state index in [1.165, 1.54) is 6.92 Å². The second kappa shape index (κ2) is 7.22. The summed E-state index contributed by atoms with van der Waals surface area (Å²) in [5.41, 5.74) is 0.586. The number of rotatable bonds is 3. The third-order valence-electron chi connectivity index (χ3n) is 5.38. The number of ether oxygens (including phenoxy) is 3. The lowest BCUT2D eigenvalue weighted by Gasteiger charge is -2.29. The molecule has 2 N–H and O–H groups in total. The topological polar surface area (TPSA) is 106 Å². The molecule has 0 bridgehead atoms. The molecule has 3 aliphatic rings. The third kappa shape index (κ3) is 3.85. The minimum Gasteiger partial charge on any atom is -0.459 e. The monoisotopic (exact) mass is 378 g/mol. The van der Waals surface area contributed by atoms with Crippen molar-refractivity contribution < 1.29 is 34.0 Å². The molecule has 0 saturated carbocycles. The predicted octanol–water partition coefficient (Wildman–Crippen LogP) is 1.19. The van der Waals surface area contributed by atoms with Gasteiger partial charge in [0, 0.05) is 12.0 Å². The SMILES string of the molecule is C=C1C(=O)OC2C=C(C)CC(O)C=C(C)CC(OC(=O)C3(C(C)O)CO3)C12. The molecule has 6 unspecified atom stereocenters. The molecule has 2 aliphatic heterocycles. The minimum absolute atomic E-state index is 0.0905. The third-order valence-corrected chi connectivity index (χ3v) is 5.38. The number of carbonyl (C=O) groups is 2. The summed E-state index contributed by atoms with van der Waals surface area (Å²) in [6.07, 6.45) is 1.19. The average molecular weight is 378 g/mol. The number of hydrogen-bond donors (Lipinski definition) is 2. The van der Waals surface area contributed by atoms with E-state index in [0.717, 1.165) is 11.1 Å². The van der Waals surface area contributed by atoms with Gasteiger partial charge in [0.1, 0.15) is 12.2 Å². The lowest BCUT2D eigenvalue weighted by Crippen LogP contribution is -2.42. The summed E-state index contributed by atoms with van der Waals surface area (Å²) in [4.78, 5) is 24.8. The Balaban J connectivity index is 1.93. The van der Waals surface area contributed by atoms with Crippen LogP contribution >= 0.6 is 0 Å². The first-order chi connectivity index (χ1) is 12.6. The Labute approximate surface area is 158 Å². The molecule has 7 nitrogen and oxygen atoms in total. The van der Waals surface area contributed by atoms with Crippen LogP contribution in [0.5, 0.6) is 0 Å². The Bertz CT molecular complexity index is 714. The van der Waals surface area contributed by atoms with E-state index in [4.69, 9.17) is 14.2 Å². The zero-order valence-electron chi connectivity index (χ0n) is 15.8. The zero-order valence-corrected chi connectivity index (χ0v) is 15.8. The number of aliphatic hydroxyl groups excluding tert-OH is 2. The smallest absolute Gasteiger partial charge is 0.343 e. The van der Waals surface area contributed by atoms with Crippen molar-refractivity contribution in [2.75, 3.05) is 6.61 Å². The Morgan fingerprint density at radius 3 is 2.56 bits per heavy atom. The van der Waals surface area contributed by atoms with Crippen LogP contribution in [0.1, 0.15) is 33.6 Å². The van der Waals surface area contributed by atoms with Crippen LogP contribution in [0, 0.1) is 5.92 Å². The van der Waals surface area contributed by atoms with E-state index in [9.17, 15) is 19.8 Å². The fraction of sp³-hybridized carbons (Fsp3) is 0.600. The van der Waals surface area contributed by atoms with Crippen LogP contribution in [0.15, 0.2) is 35.5 Å². The van der Waals surface area contributed by atoms with E-state index in [1.807, 2.05) is 13.8 Å². The molecule has 3 rings (SSSR count). The van der Waals surface area contributed by atoms with Gasteiger partial charge in [-0.2, -0.15) is 0 Å². The molecular weight excluding hydrogens is 352 g/mol. The highest BCUT2D eigenvalue weighted by molar-refractivity contribution is 5.91. The lowest BCUT2D eigenvalue weighted by molar-refractivity contribution is -0.162. The zero-order chi connectivity index (χ0) is 19.9. The van der Waals surface area contributed by atoms with Crippen molar-refractivity contribution in [1.29, 1.82) is 0 Å². The van der Waals surface area contributed by atoms with E-state index in [0.29, 0.717) is 12.8 Å². The number of esters is 2. The fourth-order valence-corrected chi connectivity index (χ4v) is 3.72. The van der Waals surface area contributed by atoms with Crippen LogP contribution in [0.25, 0.3) is 0 Å². The first-order valence-electron chi connectivity index (χ1n) is 9.09. The average Bonchev–Trinajstić information content (AvgIpc) is 3.30. The molecule has 0 amide bonds. The molecule has 2 saturated heterocycles. The van der Waals surface area contributed by atoms with Crippen LogP contribution < -0.4 is 0 Å². The number of epoxide rings is 1. The van der Waals surface area contributed by atoms with E-state index >= 15 is 0 Å². The number of carbonyl (C=O) groups excluding carboxylic acids is 2. The fourth-order valence-electron chi connectivity index (χ4n) is 3.72. The molecule has 7 heteroatoms. The van der Waals surface area contributed by atoms with Gasteiger partial charge in [-0.25, -0.2) is 9.59 Å². The van der Waals surface area contributed by atoms with Crippen LogP contribution in [0.2, 0.25) is 0 Å². The van der Waals surface area contributed by atoms with Crippen molar-refractivity contribution in [3.05, 3.63) is 35.5 Å². The minimum atomic E-state index is -1.35. The molecule has 6 atom stereocenters. The molecule has 0 radical (unpaired) electrons. The van der Waals surface area contributed by atoms with Gasteiger partial charge in [0.2, 0.25) is 5.60 Å². The molecule has 2 fully saturated rings. The van der Waals surface area contributed by atoms with Gasteiger partial charge in [0.05, 0.1) is 24.7 Å². The van der Waals surface area contributed by atoms with Crippen molar-refractivity contribution in [2.45, 2.75) is 63.6 Å². The van der Waals surface area contributed by atoms with E-state index in [-0.39, 0.29) is 12.2 Å². The van der Waals surface area contributed by atoms with Crippen molar-refractivity contribution >= 4 is 11.9 Å². The van der Waals surface area contributed by atoms with Crippen LogP contribution in [-0.4, -0.2) is 58.8 Å². The first kappa shape index (κ1) is 19.8. The van der Waals surface area contributed by atoms with Crippen molar-refractivity contribution in [3.8, 4) is 0 Å². The summed E-state index contributed by atoms with van der Waals surface area (Å²) in [6.45, 7) is 9.08. The predicted molar refractivity (Wildman–Crippen MR) is 95.5 cm³/mol. The highest BCUT2D eigenvalue weighted by Gasteiger charge is 2.59. The highest BCUT2D eigenvalue weighted by atomic mass is 16.7. The largest absolute Gasteiger partial charge is 0.459 e. The molecule has 27 heavy (non-hydrogen) atoms. The number of aliphatic hydroxyl groups is 2. The highest BCUT2D eigenvalue weighted by Crippen LogP contribution is 2.39. The number of hydrogen-bond acceptors (Lipinski definition) is 7. The maximum atomic E-state index is 12.7. The molecular formula is C20H26O7. The summed E-state index contributed by atoms with van der Waals surface area (Å²) in [7, 11) is 0. The maximum Gasteiger partial charge on any atom is 0.343 e. The molecule has 0 aromatic rings. The van der Waals surface area contributed by atoms with Gasteiger partial charge < -0.3 is 24.4 Å². The second-order valence-electron chi connectivity index (χ2n) is 7.72. The summed E-state index contributed by atoms with van der Waals surface area (Å²) >= 11 is 0. The van der Waals surface area contributed by atoms with Gasteiger partial charge in [0.15, 0.2) is 0 Å². The van der Waals surface area contributed by atoms with E-state index < -0.39 is 47.9 Å². The van der Waals surface area contributed by atoms with Crippen LogP contribution in [0.4, 0.5) is 0 Å². The van der Waals surface area contributed by atoms with Gasteiger partial charge >= 0.3 is 11.9 Å². The maximum absolute atomic E-state index is 12.7. The van der Waals surface area contributed by atoms with E-state index in [1.54, 1.807) is 12.2 Å². The molecule has 1 aliphatic carbocycles. The lowest BCUT2D eigenvalue weighted by atomic mass is 9.85. The van der Waals surface area contributed by atoms with Crippen molar-refractivity contribution in [3.63, 3.8) is 0 Å². The Kier molecular flexibility index (Phi) is 5.29. The summed E-state index contributed by atoms with van der Waals surface area (Å²) in [5, 5.41) is 20.0. The molecule has 0 aromatic carbocycles. The van der Waals surface area contributed by atoms with Crippen LogP contribution in [0.3, 0.4) is 0 Å². The standard InChI is InChI=1S/C20H26O7/c1-10-5-14(22)6-11(2)8-16(17-12(3)18(23)26-15(17)7-10)27-19(24)20(9-25-20)13(4)21/h6-7,13-17,21-22H,3,5,8-9H2,1-2,4H3. The van der Waals surface area contributed by atoms with Crippen molar-refractivity contribution in [1.82, 2.24) is 0 Å². The van der Waals surface area contributed by atoms with Gasteiger partial charge in [-0.05, 0) is 33.3 Å². The van der Waals surface area contributed by atoms with Crippen molar-refractivity contribution in [2.24, 2.45) is 5.92 Å². The number of fused-ring (bicyclic) bond motifs is 1. The molecule has 0 aromatic heterocycles. The molecule has 0 spiro atoms. The molecule has 148 valence electrons. The first-order valence-corrected chi connectivity index (χ1v) is 9.09. The summed E-state index contributed by atoms with van der Waals surface area (Å²) in [5.74, 6) is -1.73. The Morgan fingerprint density at radius 2 is 1.96 bits per heavy atom. The van der Waals surface area contributed by atoms with Gasteiger partial charge in [-0.3, -0.25) is 0 Å². The second-order valence-corrected chi connectivity index (χ2v) is 7.72. The quantitative estimate of drug-likeness (QED) is 0.329. The summed E-state index contributed by atoms with van der Waals surface area (Å²) in [6, 6.07) is 0. The Morgan fingerprint density at radius 1 is 1.33 bits per heavy atom. The Hall–Kier alpha value is -1.96.